The Bertz CT molecular complexity index is 984. The van der Waals surface area contributed by atoms with Crippen molar-refractivity contribution in [3.63, 3.8) is 0 Å². The lowest BCUT2D eigenvalue weighted by Gasteiger charge is -2.21. The fourth-order valence-electron chi connectivity index (χ4n) is 4.24. The summed E-state index contributed by atoms with van der Waals surface area (Å²) in [5.74, 6) is -1.11. The molecule has 0 saturated carbocycles. The first-order chi connectivity index (χ1) is 19.8. The van der Waals surface area contributed by atoms with Gasteiger partial charge < -0.3 is 9.64 Å². The number of likely N-dealkylation sites (tertiary alicyclic amines) is 1. The molecule has 2 atom stereocenters. The second-order valence-corrected chi connectivity index (χ2v) is 8.96. The summed E-state index contributed by atoms with van der Waals surface area (Å²) in [6.45, 7) is 25.1. The van der Waals surface area contributed by atoms with E-state index >= 15 is 0 Å². The zero-order chi connectivity index (χ0) is 31.8. The van der Waals surface area contributed by atoms with E-state index < -0.39 is 11.9 Å². The molecular formula is C34H54FN3O3. The highest BCUT2D eigenvalue weighted by Crippen LogP contribution is 2.30. The van der Waals surface area contributed by atoms with Gasteiger partial charge in [-0.25, -0.2) is 14.1 Å². The predicted molar refractivity (Wildman–Crippen MR) is 169 cm³/mol. The van der Waals surface area contributed by atoms with Gasteiger partial charge in [-0.15, -0.1) is 13.2 Å². The molecule has 1 aromatic carbocycles. The van der Waals surface area contributed by atoms with Crippen molar-refractivity contribution in [3.05, 3.63) is 72.1 Å². The number of carbonyl (C=O) groups excluding carboxylic acids is 2. The van der Waals surface area contributed by atoms with Crippen LogP contribution >= 0.6 is 0 Å². The van der Waals surface area contributed by atoms with Gasteiger partial charge in [0.2, 0.25) is 5.91 Å². The number of cyclic esters (lactones) is 1. The first-order valence-electron chi connectivity index (χ1n) is 15.0. The monoisotopic (exact) mass is 571 g/mol. The number of amides is 2. The second-order valence-electron chi connectivity index (χ2n) is 8.96. The Kier molecular flexibility index (Phi) is 23.9. The quantitative estimate of drug-likeness (QED) is 0.293. The topological polar surface area (TPSA) is 73.6 Å². The van der Waals surface area contributed by atoms with E-state index in [-0.39, 0.29) is 36.5 Å². The highest BCUT2D eigenvalue weighted by molar-refractivity contribution is 5.94. The summed E-state index contributed by atoms with van der Waals surface area (Å²) in [6, 6.07) is 6.32. The average molecular weight is 572 g/mol. The first kappa shape index (κ1) is 39.9. The van der Waals surface area contributed by atoms with E-state index in [0.717, 1.165) is 24.3 Å². The van der Waals surface area contributed by atoms with Gasteiger partial charge in [-0.1, -0.05) is 78.3 Å². The third kappa shape index (κ3) is 14.3. The minimum absolute atomic E-state index is 0.0803. The summed E-state index contributed by atoms with van der Waals surface area (Å²) >= 11 is 0. The average Bonchev–Trinajstić information content (AvgIpc) is 3.65. The van der Waals surface area contributed by atoms with Crippen LogP contribution in [0.4, 0.5) is 9.18 Å². The summed E-state index contributed by atoms with van der Waals surface area (Å²) in [6.07, 6.45) is 9.95. The van der Waals surface area contributed by atoms with Crippen LogP contribution in [0.15, 0.2) is 55.2 Å². The smallest absolute Gasteiger partial charge is 0.416 e. The molecule has 6 nitrogen and oxygen atoms in total. The number of nitrogens with zero attached hydrogens (tertiary/aromatic N) is 3. The highest BCUT2D eigenvalue weighted by atomic mass is 19.1. The Balaban J connectivity index is 0. The molecule has 0 bridgehead atoms. The Hall–Kier alpha value is -3.24. The van der Waals surface area contributed by atoms with Gasteiger partial charge in [0.05, 0.1) is 24.1 Å². The molecule has 0 aromatic heterocycles. The molecule has 2 amide bonds. The maximum atomic E-state index is 14.2. The van der Waals surface area contributed by atoms with Crippen molar-refractivity contribution in [1.29, 1.82) is 5.26 Å². The van der Waals surface area contributed by atoms with Crippen LogP contribution in [0, 0.1) is 29.0 Å². The third-order valence-corrected chi connectivity index (χ3v) is 6.53. The molecule has 1 aromatic rings. The largest absolute Gasteiger partial charge is 0.447 e. The van der Waals surface area contributed by atoms with Crippen LogP contribution in [0.1, 0.15) is 85.8 Å². The number of carbonyl (C=O) groups is 2. The molecule has 41 heavy (non-hydrogen) atoms. The van der Waals surface area contributed by atoms with Gasteiger partial charge in [-0.3, -0.25) is 4.79 Å². The number of benzene rings is 1. The van der Waals surface area contributed by atoms with E-state index in [1.165, 1.54) is 18.1 Å². The Morgan fingerprint density at radius 2 is 1.80 bits per heavy atom. The van der Waals surface area contributed by atoms with Crippen molar-refractivity contribution in [1.82, 2.24) is 9.80 Å². The lowest BCUT2D eigenvalue weighted by atomic mass is 9.88. The molecule has 2 aliphatic rings. The van der Waals surface area contributed by atoms with Crippen LogP contribution in [0.2, 0.25) is 0 Å². The fraction of sp³-hybridized carbons (Fsp3) is 0.559. The van der Waals surface area contributed by atoms with Crippen molar-refractivity contribution < 1.29 is 18.7 Å². The number of hydrogen-bond donors (Lipinski definition) is 0. The van der Waals surface area contributed by atoms with Crippen molar-refractivity contribution in [2.24, 2.45) is 11.8 Å². The molecule has 230 valence electrons. The molecular weight excluding hydrogens is 517 g/mol. The zero-order valence-corrected chi connectivity index (χ0v) is 26.8. The maximum Gasteiger partial charge on any atom is 0.416 e. The molecule has 2 fully saturated rings. The van der Waals surface area contributed by atoms with Crippen LogP contribution in [0.5, 0.6) is 0 Å². The second kappa shape index (κ2) is 24.5. The van der Waals surface area contributed by atoms with Crippen molar-refractivity contribution in [2.45, 2.75) is 81.1 Å². The van der Waals surface area contributed by atoms with Crippen LogP contribution in [-0.2, 0) is 16.0 Å². The summed E-state index contributed by atoms with van der Waals surface area (Å²) in [5.41, 5.74) is 2.25. The minimum Gasteiger partial charge on any atom is -0.447 e. The standard InChI is InChI=1S/C18H20FN3O3.C10H18.2C2H6.C2H4/c1-2-21-10-14(8-13-4-3-12(9-20)7-16(13)19)15(11-21)17(23)22-5-6-25-18(22)24;1-4-6-7-8-9-10(3)5-2;3*1-2/h3-4,7,14-15H,2,5-6,8,10-11H2,1H3;6-7,9H,4-5,8H2,1-3H3;2*1-2H3;1-2H2/b;7-6-,10-9+;;;. The third-order valence-electron chi connectivity index (χ3n) is 6.53. The van der Waals surface area contributed by atoms with Crippen LogP contribution < -0.4 is 0 Å². The van der Waals surface area contributed by atoms with Crippen molar-refractivity contribution in [2.75, 3.05) is 32.8 Å². The van der Waals surface area contributed by atoms with Crippen LogP contribution in [0.3, 0.4) is 0 Å². The van der Waals surface area contributed by atoms with Gasteiger partial charge in [0, 0.05) is 13.1 Å². The van der Waals surface area contributed by atoms with E-state index in [1.54, 1.807) is 12.1 Å². The van der Waals surface area contributed by atoms with E-state index in [9.17, 15) is 14.0 Å². The Morgan fingerprint density at radius 3 is 2.29 bits per heavy atom. The van der Waals surface area contributed by atoms with Crippen LogP contribution in [0.25, 0.3) is 0 Å². The Morgan fingerprint density at radius 1 is 1.15 bits per heavy atom. The number of rotatable bonds is 8. The molecule has 2 saturated heterocycles. The lowest BCUT2D eigenvalue weighted by Crippen LogP contribution is -2.40. The van der Waals surface area contributed by atoms with Crippen molar-refractivity contribution in [3.8, 4) is 6.07 Å². The van der Waals surface area contributed by atoms with Gasteiger partial charge in [0.15, 0.2) is 0 Å². The van der Waals surface area contributed by atoms with Gasteiger partial charge in [-0.2, -0.15) is 5.26 Å². The van der Waals surface area contributed by atoms with Crippen molar-refractivity contribution >= 4 is 12.0 Å². The number of allylic oxidation sites excluding steroid dienone is 4. The number of imide groups is 1. The molecule has 2 aliphatic heterocycles. The molecule has 2 unspecified atom stereocenters. The van der Waals surface area contributed by atoms with E-state index in [4.69, 9.17) is 10.00 Å². The van der Waals surface area contributed by atoms with Crippen LogP contribution in [-0.4, -0.2) is 54.6 Å². The molecule has 3 rings (SSSR count). The minimum atomic E-state index is -0.594. The van der Waals surface area contributed by atoms with E-state index in [0.29, 0.717) is 25.1 Å². The predicted octanol–water partition coefficient (Wildman–Crippen LogP) is 8.34. The first-order valence-corrected chi connectivity index (χ1v) is 15.0. The SMILES string of the molecule is C=C.CC.CC.CC/C=C\C/C=C(\C)CC.CCN1CC(Cc2ccc(C#N)cc2F)C(C(=O)N2CCOC2=O)C1. The highest BCUT2D eigenvalue weighted by Gasteiger charge is 2.42. The van der Waals surface area contributed by atoms with Gasteiger partial charge in [-0.05, 0) is 62.8 Å². The molecule has 0 spiro atoms. The number of ether oxygens (including phenoxy) is 1. The van der Waals surface area contributed by atoms with E-state index in [1.807, 2.05) is 40.7 Å². The fourth-order valence-corrected chi connectivity index (χ4v) is 4.24. The normalized spacial score (nSPS) is 17.9. The summed E-state index contributed by atoms with van der Waals surface area (Å²) < 4.78 is 19.1. The van der Waals surface area contributed by atoms with Gasteiger partial charge in [0.1, 0.15) is 12.4 Å². The molecule has 0 radical (unpaired) electrons. The maximum absolute atomic E-state index is 14.2. The van der Waals surface area contributed by atoms with E-state index in [2.05, 4.69) is 57.1 Å². The summed E-state index contributed by atoms with van der Waals surface area (Å²) in [5, 5.41) is 8.85. The summed E-state index contributed by atoms with van der Waals surface area (Å²) in [4.78, 5) is 27.8. The molecule has 0 aliphatic carbocycles. The number of hydrogen-bond acceptors (Lipinski definition) is 5. The molecule has 2 heterocycles. The lowest BCUT2D eigenvalue weighted by molar-refractivity contribution is -0.132. The van der Waals surface area contributed by atoms with Gasteiger partial charge >= 0.3 is 6.09 Å². The molecule has 0 N–H and O–H groups in total. The Labute approximate surface area is 249 Å². The molecule has 7 heteroatoms. The number of halogens is 1. The zero-order valence-electron chi connectivity index (χ0n) is 26.8. The number of nitriles is 1. The summed E-state index contributed by atoms with van der Waals surface area (Å²) in [7, 11) is 0. The van der Waals surface area contributed by atoms with Gasteiger partial charge in [0.25, 0.3) is 0 Å².